The van der Waals surface area contributed by atoms with Crippen LogP contribution in [0.3, 0.4) is 0 Å². The molecule has 1 atom stereocenters. The zero-order valence-electron chi connectivity index (χ0n) is 17.1. The van der Waals surface area contributed by atoms with Crippen LogP contribution >= 0.6 is 0 Å². The Kier molecular flexibility index (Phi) is 7.37. The van der Waals surface area contributed by atoms with Crippen molar-refractivity contribution in [2.24, 2.45) is 4.99 Å². The van der Waals surface area contributed by atoms with Gasteiger partial charge in [-0.05, 0) is 41.5 Å². The molecule has 0 amide bonds. The molecule has 4 nitrogen and oxygen atoms in total. The molecule has 0 heterocycles. The van der Waals surface area contributed by atoms with Gasteiger partial charge in [0.05, 0.1) is 21.9 Å². The van der Waals surface area contributed by atoms with E-state index in [1.807, 2.05) is 0 Å². The minimum atomic E-state index is -5.02. The van der Waals surface area contributed by atoms with E-state index in [-0.39, 0.29) is 10.6 Å². The van der Waals surface area contributed by atoms with Crippen molar-refractivity contribution in [3.05, 3.63) is 83.9 Å². The van der Waals surface area contributed by atoms with Crippen molar-refractivity contribution < 1.29 is 35.1 Å². The third-order valence-electron chi connectivity index (χ3n) is 4.73. The lowest BCUT2D eigenvalue weighted by atomic mass is 9.98. The van der Waals surface area contributed by atoms with Crippen LogP contribution in [0.25, 0.3) is 11.1 Å². The fraction of sp³-hybridized carbons (Fsp3) is 0.130. The van der Waals surface area contributed by atoms with E-state index in [2.05, 4.69) is 4.99 Å². The van der Waals surface area contributed by atoms with Crippen LogP contribution in [0.5, 0.6) is 0 Å². The van der Waals surface area contributed by atoms with Crippen molar-refractivity contribution in [3.8, 4) is 11.1 Å². The zero-order valence-corrected chi connectivity index (χ0v) is 17.9. The van der Waals surface area contributed by atoms with Gasteiger partial charge in [0.1, 0.15) is 5.71 Å². The maximum atomic E-state index is 13.5. The molecule has 0 fully saturated rings. The fourth-order valence-corrected chi connectivity index (χ4v) is 3.54. The second-order valence-corrected chi connectivity index (χ2v) is 8.05. The largest absolute Gasteiger partial charge is 0.429 e. The molecule has 0 bridgehead atoms. The quantitative estimate of drug-likeness (QED) is 0.217. The lowest BCUT2D eigenvalue weighted by molar-refractivity contribution is -0.137. The summed E-state index contributed by atoms with van der Waals surface area (Å²) in [6.45, 7) is 0. The lowest BCUT2D eigenvalue weighted by Crippen LogP contribution is -2.26. The second kappa shape index (κ2) is 9.90. The van der Waals surface area contributed by atoms with Crippen LogP contribution in [0.4, 0.5) is 32.0 Å². The Bertz CT molecular complexity index is 1250. The minimum Gasteiger partial charge on any atom is -0.302 e. The maximum absolute atomic E-state index is 13.5. The summed E-state index contributed by atoms with van der Waals surface area (Å²) in [6, 6.07) is 16.1. The number of nitrogens with one attached hydrogen (secondary N) is 1. The van der Waals surface area contributed by atoms with Gasteiger partial charge in [-0.2, -0.15) is 26.3 Å². The van der Waals surface area contributed by atoms with E-state index in [0.29, 0.717) is 11.1 Å². The normalized spacial score (nSPS) is 13.6. The van der Waals surface area contributed by atoms with Crippen molar-refractivity contribution in [1.29, 1.82) is 5.41 Å². The highest BCUT2D eigenvalue weighted by molar-refractivity contribution is 7.79. The van der Waals surface area contributed by atoms with Gasteiger partial charge in [0, 0.05) is 12.0 Å². The van der Waals surface area contributed by atoms with E-state index in [4.69, 9.17) is 5.41 Å². The van der Waals surface area contributed by atoms with E-state index in [9.17, 15) is 35.1 Å². The van der Waals surface area contributed by atoms with Crippen LogP contribution in [-0.2, 0) is 17.3 Å². The molecular weight excluding hydrogens is 482 g/mol. The van der Waals surface area contributed by atoms with Crippen LogP contribution < -0.4 is 0 Å². The van der Waals surface area contributed by atoms with Gasteiger partial charge in [-0.15, -0.1) is 0 Å². The third kappa shape index (κ3) is 6.17. The molecule has 0 aliphatic carbocycles. The van der Waals surface area contributed by atoms with Gasteiger partial charge < -0.3 is 9.96 Å². The summed E-state index contributed by atoms with van der Waals surface area (Å²) >= 11 is -2.20. The molecule has 0 radical (unpaired) electrons. The average molecular weight is 498 g/mol. The number of alkyl halides is 6. The first kappa shape index (κ1) is 25.3. The molecule has 34 heavy (non-hydrogen) atoms. The summed E-state index contributed by atoms with van der Waals surface area (Å²) in [4.78, 5) is 4.19. The highest BCUT2D eigenvalue weighted by atomic mass is 32.2. The number of hydrogen-bond donors (Lipinski definition) is 2. The van der Waals surface area contributed by atoms with Crippen molar-refractivity contribution >= 4 is 28.2 Å². The molecular formula is C23H16F6N2O2S. The molecule has 0 saturated carbocycles. The Balaban J connectivity index is 2.05. The van der Waals surface area contributed by atoms with E-state index in [1.54, 1.807) is 12.1 Å². The summed E-state index contributed by atoms with van der Waals surface area (Å²) in [5.41, 5.74) is -2.74. The first-order valence-corrected chi connectivity index (χ1v) is 10.7. The summed E-state index contributed by atoms with van der Waals surface area (Å²) in [6.07, 6.45) is -11.0. The smallest absolute Gasteiger partial charge is 0.302 e. The molecule has 0 aromatic heterocycles. The number of aliphatic imine (C=N–C) groups is 1. The SMILES string of the molecule is N=C(CC(=Nc1ccc(-c2cccc(S(=O)O)c2)cc1)c1ccccc1C(F)(F)F)C(F)(F)F. The summed E-state index contributed by atoms with van der Waals surface area (Å²) < 4.78 is 99.9. The van der Waals surface area contributed by atoms with E-state index in [0.717, 1.165) is 18.2 Å². The Hall–Kier alpha value is -3.31. The Morgan fingerprint density at radius 1 is 0.882 bits per heavy atom. The van der Waals surface area contributed by atoms with Crippen molar-refractivity contribution in [1.82, 2.24) is 0 Å². The predicted octanol–water partition coefficient (Wildman–Crippen LogP) is 7.05. The van der Waals surface area contributed by atoms with Gasteiger partial charge in [0.25, 0.3) is 0 Å². The number of halogens is 6. The van der Waals surface area contributed by atoms with Crippen LogP contribution in [-0.4, -0.2) is 26.4 Å². The van der Waals surface area contributed by atoms with Gasteiger partial charge in [-0.3, -0.25) is 4.99 Å². The molecule has 0 aliphatic rings. The molecule has 0 aliphatic heterocycles. The predicted molar refractivity (Wildman–Crippen MR) is 117 cm³/mol. The molecule has 178 valence electrons. The second-order valence-electron chi connectivity index (χ2n) is 7.08. The highest BCUT2D eigenvalue weighted by Crippen LogP contribution is 2.34. The van der Waals surface area contributed by atoms with E-state index < -0.39 is 52.4 Å². The first-order chi connectivity index (χ1) is 15.9. The molecule has 1 unspecified atom stereocenters. The van der Waals surface area contributed by atoms with Crippen molar-refractivity contribution in [2.75, 3.05) is 0 Å². The van der Waals surface area contributed by atoms with Gasteiger partial charge in [0.2, 0.25) is 0 Å². The van der Waals surface area contributed by atoms with Crippen molar-refractivity contribution in [3.63, 3.8) is 0 Å². The van der Waals surface area contributed by atoms with Crippen LogP contribution in [0.2, 0.25) is 0 Å². The molecule has 3 aromatic carbocycles. The Labute approximate surface area is 192 Å². The summed E-state index contributed by atoms with van der Waals surface area (Å²) in [7, 11) is 0. The molecule has 3 aromatic rings. The van der Waals surface area contributed by atoms with Crippen LogP contribution in [0.15, 0.2) is 82.7 Å². The summed E-state index contributed by atoms with van der Waals surface area (Å²) in [5.74, 6) is 0. The van der Waals surface area contributed by atoms with Crippen molar-refractivity contribution in [2.45, 2.75) is 23.7 Å². The Morgan fingerprint density at radius 2 is 1.53 bits per heavy atom. The molecule has 0 spiro atoms. The third-order valence-corrected chi connectivity index (χ3v) is 5.39. The maximum Gasteiger partial charge on any atom is 0.429 e. The standard InChI is InChI=1S/C23H16F6N2O2S/c24-22(25,26)19-7-2-1-6-18(19)20(13-21(30)23(27,28)29)31-16-10-8-14(9-11-16)15-4-3-5-17(12-15)34(32)33/h1-12,30H,13H2,(H,32,33). The number of benzene rings is 3. The van der Waals surface area contributed by atoms with Gasteiger partial charge in [0.15, 0.2) is 11.1 Å². The molecule has 2 N–H and O–H groups in total. The fourth-order valence-electron chi connectivity index (χ4n) is 3.11. The van der Waals surface area contributed by atoms with E-state index in [1.165, 1.54) is 42.5 Å². The lowest BCUT2D eigenvalue weighted by Gasteiger charge is -2.16. The van der Waals surface area contributed by atoms with Crippen LogP contribution in [0, 0.1) is 5.41 Å². The Morgan fingerprint density at radius 3 is 2.12 bits per heavy atom. The van der Waals surface area contributed by atoms with Gasteiger partial charge in [-0.1, -0.05) is 42.5 Å². The molecule has 0 saturated heterocycles. The van der Waals surface area contributed by atoms with Crippen LogP contribution in [0.1, 0.15) is 17.5 Å². The highest BCUT2D eigenvalue weighted by Gasteiger charge is 2.38. The number of rotatable bonds is 6. The monoisotopic (exact) mass is 498 g/mol. The average Bonchev–Trinajstić information content (AvgIpc) is 2.78. The van der Waals surface area contributed by atoms with Gasteiger partial charge in [-0.25, -0.2) is 4.21 Å². The van der Waals surface area contributed by atoms with E-state index >= 15 is 0 Å². The number of nitrogens with zero attached hydrogens (tertiary/aromatic N) is 1. The summed E-state index contributed by atoms with van der Waals surface area (Å²) in [5, 5.41) is 7.28. The first-order valence-electron chi connectivity index (χ1n) is 9.56. The topological polar surface area (TPSA) is 73.5 Å². The zero-order chi connectivity index (χ0) is 25.1. The number of hydrogen-bond acceptors (Lipinski definition) is 3. The molecule has 3 rings (SSSR count). The van der Waals surface area contributed by atoms with Gasteiger partial charge >= 0.3 is 12.4 Å². The minimum absolute atomic E-state index is 0.0765. The molecule has 11 heteroatoms.